The van der Waals surface area contributed by atoms with Crippen molar-refractivity contribution in [3.63, 3.8) is 0 Å². The second-order valence-corrected chi connectivity index (χ2v) is 6.91. The van der Waals surface area contributed by atoms with E-state index in [1.165, 1.54) is 4.88 Å². The predicted molar refractivity (Wildman–Crippen MR) is 95.9 cm³/mol. The maximum Gasteiger partial charge on any atom is 0.251 e. The van der Waals surface area contributed by atoms with Gasteiger partial charge in [0.05, 0.1) is 25.0 Å². The van der Waals surface area contributed by atoms with Crippen LogP contribution < -0.4 is 5.32 Å². The lowest BCUT2D eigenvalue weighted by molar-refractivity contribution is 0.0918. The molecular weight excluding hydrogens is 320 g/mol. The maximum atomic E-state index is 12.5. The number of amides is 1. The van der Waals surface area contributed by atoms with E-state index >= 15 is 0 Å². The smallest absolute Gasteiger partial charge is 0.251 e. The molecule has 0 aliphatic rings. The van der Waals surface area contributed by atoms with Gasteiger partial charge in [-0.15, -0.1) is 11.3 Å². The van der Waals surface area contributed by atoms with Crippen LogP contribution in [0.15, 0.2) is 54.2 Å². The molecule has 0 aliphatic carbocycles. The SMILES string of the molecule is CC(C)C(Cn1nccn1)NC(=O)c1ccc(-c2cccs2)cc1. The molecule has 24 heavy (non-hydrogen) atoms. The number of carbonyl (C=O) groups excluding carboxylic acids is 1. The Morgan fingerprint density at radius 1 is 1.17 bits per heavy atom. The molecule has 0 bridgehead atoms. The Labute approximate surface area is 145 Å². The highest BCUT2D eigenvalue weighted by Gasteiger charge is 2.18. The molecule has 3 aromatic rings. The lowest BCUT2D eigenvalue weighted by atomic mass is 10.0. The first-order chi connectivity index (χ1) is 11.6. The molecule has 0 radical (unpaired) electrons. The Balaban J connectivity index is 1.68. The highest BCUT2D eigenvalue weighted by Crippen LogP contribution is 2.24. The number of nitrogens with zero attached hydrogens (tertiary/aromatic N) is 3. The lowest BCUT2D eigenvalue weighted by Gasteiger charge is -2.21. The van der Waals surface area contributed by atoms with Gasteiger partial charge in [0.1, 0.15) is 0 Å². The molecular formula is C18H20N4OS. The number of benzene rings is 1. The molecule has 0 saturated carbocycles. The quantitative estimate of drug-likeness (QED) is 0.747. The molecule has 1 aromatic carbocycles. The van der Waals surface area contributed by atoms with Crippen molar-refractivity contribution in [3.8, 4) is 10.4 Å². The van der Waals surface area contributed by atoms with Crippen molar-refractivity contribution in [1.29, 1.82) is 0 Å². The number of nitrogens with one attached hydrogen (secondary N) is 1. The number of thiophene rings is 1. The van der Waals surface area contributed by atoms with Crippen LogP contribution >= 0.6 is 11.3 Å². The number of rotatable bonds is 6. The molecule has 0 fully saturated rings. The van der Waals surface area contributed by atoms with Crippen LogP contribution in [0.4, 0.5) is 0 Å². The summed E-state index contributed by atoms with van der Waals surface area (Å²) in [7, 11) is 0. The molecule has 124 valence electrons. The predicted octanol–water partition coefficient (Wildman–Crippen LogP) is 3.46. The van der Waals surface area contributed by atoms with Crippen molar-refractivity contribution >= 4 is 17.2 Å². The van der Waals surface area contributed by atoms with Crippen LogP contribution in [0.25, 0.3) is 10.4 Å². The van der Waals surface area contributed by atoms with E-state index in [4.69, 9.17) is 0 Å². The first-order valence-corrected chi connectivity index (χ1v) is 8.80. The third kappa shape index (κ3) is 3.89. The van der Waals surface area contributed by atoms with Gasteiger partial charge in [0.2, 0.25) is 0 Å². The summed E-state index contributed by atoms with van der Waals surface area (Å²) in [5.41, 5.74) is 1.79. The number of carbonyl (C=O) groups is 1. The molecule has 2 aromatic heterocycles. The lowest BCUT2D eigenvalue weighted by Crippen LogP contribution is -2.42. The molecule has 3 rings (SSSR count). The van der Waals surface area contributed by atoms with Crippen molar-refractivity contribution < 1.29 is 4.79 Å². The van der Waals surface area contributed by atoms with E-state index in [-0.39, 0.29) is 17.9 Å². The Morgan fingerprint density at radius 3 is 2.46 bits per heavy atom. The first kappa shape index (κ1) is 16.4. The summed E-state index contributed by atoms with van der Waals surface area (Å²) in [5, 5.41) is 13.4. The van der Waals surface area contributed by atoms with Crippen molar-refractivity contribution in [2.75, 3.05) is 0 Å². The fraction of sp³-hybridized carbons (Fsp3) is 0.278. The van der Waals surface area contributed by atoms with Gasteiger partial charge in [-0.05, 0) is 35.1 Å². The van der Waals surface area contributed by atoms with Crippen molar-refractivity contribution in [2.24, 2.45) is 5.92 Å². The van der Waals surface area contributed by atoms with E-state index in [0.717, 1.165) is 5.56 Å². The van der Waals surface area contributed by atoms with Crippen LogP contribution in [0.3, 0.4) is 0 Å². The van der Waals surface area contributed by atoms with E-state index in [0.29, 0.717) is 12.1 Å². The maximum absolute atomic E-state index is 12.5. The fourth-order valence-corrected chi connectivity index (χ4v) is 3.15. The summed E-state index contributed by atoms with van der Waals surface area (Å²) in [4.78, 5) is 15.3. The zero-order valence-corrected chi connectivity index (χ0v) is 14.5. The summed E-state index contributed by atoms with van der Waals surface area (Å²) >= 11 is 1.69. The van der Waals surface area contributed by atoms with Crippen LogP contribution in [0.2, 0.25) is 0 Å². The molecule has 1 unspecified atom stereocenters. The van der Waals surface area contributed by atoms with E-state index in [2.05, 4.69) is 35.4 Å². The highest BCUT2D eigenvalue weighted by atomic mass is 32.1. The molecule has 1 atom stereocenters. The number of hydrogen-bond donors (Lipinski definition) is 1. The molecule has 5 nitrogen and oxygen atoms in total. The molecule has 6 heteroatoms. The monoisotopic (exact) mass is 340 g/mol. The Hall–Kier alpha value is -2.47. The molecule has 0 saturated heterocycles. The largest absolute Gasteiger partial charge is 0.347 e. The van der Waals surface area contributed by atoms with Crippen molar-refractivity contribution in [2.45, 2.75) is 26.4 Å². The molecule has 0 spiro atoms. The van der Waals surface area contributed by atoms with Crippen LogP contribution in [0.5, 0.6) is 0 Å². The van der Waals surface area contributed by atoms with Crippen molar-refractivity contribution in [1.82, 2.24) is 20.3 Å². The average molecular weight is 340 g/mol. The molecule has 1 N–H and O–H groups in total. The van der Waals surface area contributed by atoms with Gasteiger partial charge in [-0.25, -0.2) is 0 Å². The standard InChI is InChI=1S/C18H20N4OS/c1-13(2)16(12-22-19-9-10-20-22)21-18(23)15-7-5-14(6-8-15)17-4-3-11-24-17/h3-11,13,16H,12H2,1-2H3,(H,21,23). The van der Waals surface area contributed by atoms with E-state index in [9.17, 15) is 4.79 Å². The Kier molecular flexibility index (Phi) is 5.05. The van der Waals surface area contributed by atoms with Gasteiger partial charge in [0, 0.05) is 10.4 Å². The second-order valence-electron chi connectivity index (χ2n) is 5.96. The summed E-state index contributed by atoms with van der Waals surface area (Å²) in [6.45, 7) is 4.71. The number of hydrogen-bond acceptors (Lipinski definition) is 4. The second kappa shape index (κ2) is 7.40. The van der Waals surface area contributed by atoms with Crippen LogP contribution in [-0.2, 0) is 6.54 Å². The molecule has 2 heterocycles. The third-order valence-corrected chi connectivity index (χ3v) is 4.82. The zero-order chi connectivity index (χ0) is 16.9. The van der Waals surface area contributed by atoms with Crippen LogP contribution in [0.1, 0.15) is 24.2 Å². The third-order valence-electron chi connectivity index (χ3n) is 3.90. The number of aromatic nitrogens is 3. The topological polar surface area (TPSA) is 59.8 Å². The van der Waals surface area contributed by atoms with Gasteiger partial charge in [-0.3, -0.25) is 4.79 Å². The van der Waals surface area contributed by atoms with Crippen LogP contribution in [-0.4, -0.2) is 26.9 Å². The Bertz CT molecular complexity index is 764. The normalized spacial score (nSPS) is 12.3. The zero-order valence-electron chi connectivity index (χ0n) is 13.7. The van der Waals surface area contributed by atoms with Crippen LogP contribution in [0, 0.1) is 5.92 Å². The fourth-order valence-electron chi connectivity index (χ4n) is 2.42. The van der Waals surface area contributed by atoms with Gasteiger partial charge in [-0.2, -0.15) is 15.0 Å². The van der Waals surface area contributed by atoms with Gasteiger partial charge >= 0.3 is 0 Å². The minimum Gasteiger partial charge on any atom is -0.347 e. The van der Waals surface area contributed by atoms with E-state index in [1.54, 1.807) is 28.5 Å². The Morgan fingerprint density at radius 2 is 1.88 bits per heavy atom. The summed E-state index contributed by atoms with van der Waals surface area (Å²) < 4.78 is 0. The van der Waals surface area contributed by atoms with Gasteiger partial charge in [0.15, 0.2) is 0 Å². The average Bonchev–Trinajstić information content (AvgIpc) is 3.28. The summed E-state index contributed by atoms with van der Waals surface area (Å²) in [5.74, 6) is 0.212. The van der Waals surface area contributed by atoms with Gasteiger partial charge < -0.3 is 5.32 Å². The van der Waals surface area contributed by atoms with Crippen molar-refractivity contribution in [3.05, 3.63) is 59.7 Å². The highest BCUT2D eigenvalue weighted by molar-refractivity contribution is 7.13. The minimum atomic E-state index is -0.0708. The summed E-state index contributed by atoms with van der Waals surface area (Å²) in [6, 6.07) is 11.8. The molecule has 0 aliphatic heterocycles. The van der Waals surface area contributed by atoms with Gasteiger partial charge in [0.25, 0.3) is 5.91 Å². The van der Waals surface area contributed by atoms with E-state index < -0.39 is 0 Å². The first-order valence-electron chi connectivity index (χ1n) is 7.92. The minimum absolute atomic E-state index is 0.0260. The molecule has 1 amide bonds. The summed E-state index contributed by atoms with van der Waals surface area (Å²) in [6.07, 6.45) is 3.28. The van der Waals surface area contributed by atoms with E-state index in [1.807, 2.05) is 35.7 Å². The van der Waals surface area contributed by atoms with Gasteiger partial charge in [-0.1, -0.05) is 32.0 Å².